The van der Waals surface area contributed by atoms with Gasteiger partial charge in [0, 0.05) is 31.3 Å². The van der Waals surface area contributed by atoms with E-state index < -0.39 is 6.10 Å². The molecule has 0 radical (unpaired) electrons. The molecule has 2 heterocycles. The molecule has 2 aromatic rings. The Balaban J connectivity index is 1.50. The first-order valence-electron chi connectivity index (χ1n) is 9.47. The molecule has 1 aromatic carbocycles. The van der Waals surface area contributed by atoms with Gasteiger partial charge in [0.25, 0.3) is 5.91 Å². The minimum atomic E-state index is -0.658. The summed E-state index contributed by atoms with van der Waals surface area (Å²) in [7, 11) is 0. The molecule has 154 valence electrons. The molecule has 6 nitrogen and oxygen atoms in total. The van der Waals surface area contributed by atoms with Gasteiger partial charge in [-0.3, -0.25) is 9.59 Å². The first-order valence-corrected chi connectivity index (χ1v) is 10.2. The molecule has 29 heavy (non-hydrogen) atoms. The fraction of sp³-hybridized carbons (Fsp3) is 0.381. The largest absolute Gasteiger partial charge is 0.481 e. The Morgan fingerprint density at radius 3 is 2.55 bits per heavy atom. The first kappa shape index (κ1) is 21.4. The lowest BCUT2D eigenvalue weighted by atomic mass is 9.95. The molecule has 1 aliphatic rings. The van der Waals surface area contributed by atoms with Crippen LogP contribution < -0.4 is 10.1 Å². The SMILES string of the molecule is Cc1ccnc(NC(=O)C2CCN(C(=O)C(C)Oc3ccc(Cl)c(Cl)c3)CC2)c1. The van der Waals surface area contributed by atoms with Crippen LogP contribution in [0.25, 0.3) is 0 Å². The molecule has 1 aliphatic heterocycles. The highest BCUT2D eigenvalue weighted by molar-refractivity contribution is 6.42. The van der Waals surface area contributed by atoms with Gasteiger partial charge in [-0.25, -0.2) is 4.98 Å². The molecule has 1 fully saturated rings. The minimum absolute atomic E-state index is 0.0599. The van der Waals surface area contributed by atoms with Gasteiger partial charge in [-0.1, -0.05) is 23.2 Å². The molecule has 3 rings (SSSR count). The van der Waals surface area contributed by atoms with E-state index in [1.54, 1.807) is 36.2 Å². The number of halogens is 2. The molecule has 8 heteroatoms. The maximum atomic E-state index is 12.7. The van der Waals surface area contributed by atoms with Crippen molar-refractivity contribution in [3.8, 4) is 5.75 Å². The van der Waals surface area contributed by atoms with E-state index in [-0.39, 0.29) is 17.7 Å². The molecule has 1 saturated heterocycles. The number of amides is 2. The van der Waals surface area contributed by atoms with E-state index in [0.29, 0.717) is 47.5 Å². The van der Waals surface area contributed by atoms with Crippen molar-refractivity contribution in [1.82, 2.24) is 9.88 Å². The normalized spacial score (nSPS) is 15.7. The highest BCUT2D eigenvalue weighted by atomic mass is 35.5. The number of hydrogen-bond donors (Lipinski definition) is 1. The highest BCUT2D eigenvalue weighted by Crippen LogP contribution is 2.27. The summed E-state index contributed by atoms with van der Waals surface area (Å²) in [5.41, 5.74) is 1.03. The number of rotatable bonds is 5. The Bertz CT molecular complexity index is 898. The zero-order valence-corrected chi connectivity index (χ0v) is 17.8. The average Bonchev–Trinajstić information content (AvgIpc) is 2.70. The van der Waals surface area contributed by atoms with Crippen molar-refractivity contribution >= 4 is 40.8 Å². The third-order valence-electron chi connectivity index (χ3n) is 4.90. The Kier molecular flexibility index (Phi) is 6.98. The Hall–Kier alpha value is -2.31. The van der Waals surface area contributed by atoms with Crippen LogP contribution in [0.15, 0.2) is 36.5 Å². The quantitative estimate of drug-likeness (QED) is 0.757. The second-order valence-electron chi connectivity index (χ2n) is 7.14. The number of hydrogen-bond acceptors (Lipinski definition) is 4. The molecular weight excluding hydrogens is 413 g/mol. The summed E-state index contributed by atoms with van der Waals surface area (Å²) in [6.45, 7) is 4.66. The van der Waals surface area contributed by atoms with Crippen molar-refractivity contribution in [2.24, 2.45) is 5.92 Å². The predicted molar refractivity (Wildman–Crippen MR) is 113 cm³/mol. The van der Waals surface area contributed by atoms with Gasteiger partial charge in [0.05, 0.1) is 10.0 Å². The van der Waals surface area contributed by atoms with Gasteiger partial charge in [-0.15, -0.1) is 0 Å². The van der Waals surface area contributed by atoms with E-state index >= 15 is 0 Å². The lowest BCUT2D eigenvalue weighted by Crippen LogP contribution is -2.46. The van der Waals surface area contributed by atoms with E-state index in [1.165, 1.54) is 0 Å². The molecule has 1 aromatic heterocycles. The smallest absolute Gasteiger partial charge is 0.263 e. The van der Waals surface area contributed by atoms with Gasteiger partial charge in [0.2, 0.25) is 5.91 Å². The molecular formula is C21H23Cl2N3O3. The average molecular weight is 436 g/mol. The maximum Gasteiger partial charge on any atom is 0.263 e. The number of nitrogens with zero attached hydrogens (tertiary/aromatic N) is 2. The van der Waals surface area contributed by atoms with Gasteiger partial charge in [-0.2, -0.15) is 0 Å². The summed E-state index contributed by atoms with van der Waals surface area (Å²) >= 11 is 11.9. The lowest BCUT2D eigenvalue weighted by molar-refractivity contribution is -0.140. The first-order chi connectivity index (χ1) is 13.8. The van der Waals surface area contributed by atoms with Crippen LogP contribution in [0.5, 0.6) is 5.75 Å². The molecule has 0 bridgehead atoms. The van der Waals surface area contributed by atoms with E-state index in [9.17, 15) is 9.59 Å². The number of anilines is 1. The number of aryl methyl sites for hydroxylation is 1. The molecule has 0 spiro atoms. The fourth-order valence-electron chi connectivity index (χ4n) is 3.26. The molecule has 0 saturated carbocycles. The molecule has 2 amide bonds. The number of nitrogens with one attached hydrogen (secondary N) is 1. The predicted octanol–water partition coefficient (Wildman–Crippen LogP) is 4.34. The van der Waals surface area contributed by atoms with Crippen LogP contribution in [0.2, 0.25) is 10.0 Å². The maximum absolute atomic E-state index is 12.7. The van der Waals surface area contributed by atoms with Crippen LogP contribution in [-0.2, 0) is 9.59 Å². The Labute approximate surface area is 180 Å². The molecule has 1 N–H and O–H groups in total. The number of ether oxygens (including phenoxy) is 1. The lowest BCUT2D eigenvalue weighted by Gasteiger charge is -2.33. The van der Waals surface area contributed by atoms with Crippen LogP contribution in [-0.4, -0.2) is 40.9 Å². The number of pyridine rings is 1. The highest BCUT2D eigenvalue weighted by Gasteiger charge is 2.30. The molecule has 1 unspecified atom stereocenters. The molecule has 1 atom stereocenters. The molecule has 0 aliphatic carbocycles. The second kappa shape index (κ2) is 9.46. The van der Waals surface area contributed by atoms with E-state index in [1.807, 2.05) is 19.1 Å². The van der Waals surface area contributed by atoms with Crippen LogP contribution in [0.3, 0.4) is 0 Å². The number of piperidine rings is 1. The monoisotopic (exact) mass is 435 g/mol. The van der Waals surface area contributed by atoms with Crippen molar-refractivity contribution in [1.29, 1.82) is 0 Å². The van der Waals surface area contributed by atoms with Crippen LogP contribution >= 0.6 is 23.2 Å². The summed E-state index contributed by atoms with van der Waals surface area (Å²) in [6.07, 6.45) is 2.21. The number of carbonyl (C=O) groups is 2. The standard InChI is InChI=1S/C21H23Cl2N3O3/c1-13-5-8-24-19(11-13)25-20(27)15-6-9-26(10-7-15)21(28)14(2)29-16-3-4-17(22)18(23)12-16/h3-5,8,11-12,14-15H,6-7,9-10H2,1-2H3,(H,24,25,27). The van der Waals surface area contributed by atoms with Crippen molar-refractivity contribution in [2.45, 2.75) is 32.8 Å². The van der Waals surface area contributed by atoms with Crippen LogP contribution in [0.4, 0.5) is 5.82 Å². The summed E-state index contributed by atoms with van der Waals surface area (Å²) < 4.78 is 5.71. The summed E-state index contributed by atoms with van der Waals surface area (Å²) in [5.74, 6) is 0.718. The number of aromatic nitrogens is 1. The third kappa shape index (κ3) is 5.61. The number of carbonyl (C=O) groups excluding carboxylic acids is 2. The zero-order chi connectivity index (χ0) is 21.0. The van der Waals surface area contributed by atoms with Gasteiger partial charge >= 0.3 is 0 Å². The topological polar surface area (TPSA) is 71.5 Å². The fourth-order valence-corrected chi connectivity index (χ4v) is 3.54. The minimum Gasteiger partial charge on any atom is -0.481 e. The van der Waals surface area contributed by atoms with Crippen molar-refractivity contribution < 1.29 is 14.3 Å². The zero-order valence-electron chi connectivity index (χ0n) is 16.3. The van der Waals surface area contributed by atoms with Crippen molar-refractivity contribution in [3.05, 3.63) is 52.1 Å². The van der Waals surface area contributed by atoms with Crippen molar-refractivity contribution in [3.63, 3.8) is 0 Å². The van der Waals surface area contributed by atoms with Gasteiger partial charge < -0.3 is 15.0 Å². The second-order valence-corrected chi connectivity index (χ2v) is 7.96. The number of likely N-dealkylation sites (tertiary alicyclic amines) is 1. The summed E-state index contributed by atoms with van der Waals surface area (Å²) in [4.78, 5) is 31.1. The Morgan fingerprint density at radius 1 is 1.17 bits per heavy atom. The van der Waals surface area contributed by atoms with Crippen LogP contribution in [0, 0.1) is 12.8 Å². The van der Waals surface area contributed by atoms with E-state index in [0.717, 1.165) is 5.56 Å². The summed E-state index contributed by atoms with van der Waals surface area (Å²) in [5, 5.41) is 3.66. The van der Waals surface area contributed by atoms with E-state index in [2.05, 4.69) is 10.3 Å². The van der Waals surface area contributed by atoms with E-state index in [4.69, 9.17) is 27.9 Å². The van der Waals surface area contributed by atoms with Gasteiger partial charge in [0.15, 0.2) is 6.10 Å². The van der Waals surface area contributed by atoms with Crippen molar-refractivity contribution in [2.75, 3.05) is 18.4 Å². The van der Waals surface area contributed by atoms with Crippen LogP contribution in [0.1, 0.15) is 25.3 Å². The van der Waals surface area contributed by atoms with Gasteiger partial charge in [0.1, 0.15) is 11.6 Å². The third-order valence-corrected chi connectivity index (χ3v) is 5.63. The number of benzene rings is 1. The summed E-state index contributed by atoms with van der Waals surface area (Å²) in [6, 6.07) is 8.60. The Morgan fingerprint density at radius 2 is 1.90 bits per heavy atom. The van der Waals surface area contributed by atoms with Gasteiger partial charge in [-0.05, 0) is 56.5 Å².